The molecule has 0 unspecified atom stereocenters. The van der Waals surface area contributed by atoms with E-state index in [1.807, 2.05) is 24.3 Å². The lowest BCUT2D eigenvalue weighted by Gasteiger charge is -2.29. The van der Waals surface area contributed by atoms with Crippen molar-refractivity contribution in [1.82, 2.24) is 10.2 Å². The normalized spacial score (nSPS) is 16.2. The average Bonchev–Trinajstić information content (AvgIpc) is 3.17. The van der Waals surface area contributed by atoms with Crippen LogP contribution in [0.3, 0.4) is 0 Å². The molecule has 5 nitrogen and oxygen atoms in total. The summed E-state index contributed by atoms with van der Waals surface area (Å²) in [4.78, 5) is 15.1. The molecule has 0 spiro atoms. The molecule has 0 aliphatic carbocycles. The molecule has 27 heavy (non-hydrogen) atoms. The molecule has 0 radical (unpaired) electrons. The van der Waals surface area contributed by atoms with Gasteiger partial charge in [-0.05, 0) is 49.7 Å². The summed E-state index contributed by atoms with van der Waals surface area (Å²) in [6.07, 6.45) is 3.34. The first kappa shape index (κ1) is 19.9. The maximum atomic E-state index is 12.7. The largest absolute Gasteiger partial charge is 0.350 e. The highest BCUT2D eigenvalue weighted by Crippen LogP contribution is 2.30. The van der Waals surface area contributed by atoms with E-state index in [1.165, 1.54) is 12.1 Å². The lowest BCUT2D eigenvalue weighted by Crippen LogP contribution is -2.37. The van der Waals surface area contributed by atoms with Crippen molar-refractivity contribution in [2.45, 2.75) is 23.8 Å². The highest BCUT2D eigenvalue weighted by Gasteiger charge is 2.26. The Hall–Kier alpha value is -1.89. The Bertz CT molecular complexity index is 924. The molecule has 2 aromatic rings. The number of benzene rings is 2. The lowest BCUT2D eigenvalue weighted by atomic mass is 10.0. The summed E-state index contributed by atoms with van der Waals surface area (Å²) in [5, 5.41) is 3.58. The predicted octanol–water partition coefficient (Wildman–Crippen LogP) is 3.31. The topological polar surface area (TPSA) is 66.5 Å². The minimum atomic E-state index is -3.48. The molecule has 7 heteroatoms. The summed E-state index contributed by atoms with van der Waals surface area (Å²) in [5.74, 6) is -0.396. The summed E-state index contributed by atoms with van der Waals surface area (Å²) < 4.78 is 23.9. The van der Waals surface area contributed by atoms with Crippen LogP contribution in [0, 0.1) is 0 Å². The smallest absolute Gasteiger partial charge is 0.252 e. The third-order valence-electron chi connectivity index (χ3n) is 4.83. The van der Waals surface area contributed by atoms with Crippen LogP contribution in [0.5, 0.6) is 0 Å². The van der Waals surface area contributed by atoms with Crippen molar-refractivity contribution in [2.75, 3.05) is 25.9 Å². The molecule has 1 N–H and O–H groups in total. The third kappa shape index (κ3) is 4.69. The van der Waals surface area contributed by atoms with Crippen LogP contribution in [0.1, 0.15) is 34.8 Å². The van der Waals surface area contributed by atoms with Crippen molar-refractivity contribution >= 4 is 27.3 Å². The van der Waals surface area contributed by atoms with Crippen LogP contribution in [-0.4, -0.2) is 45.1 Å². The van der Waals surface area contributed by atoms with E-state index in [0.29, 0.717) is 11.6 Å². The quantitative estimate of drug-likeness (QED) is 0.799. The second-order valence-corrected chi connectivity index (χ2v) is 9.15. The van der Waals surface area contributed by atoms with Gasteiger partial charge < -0.3 is 5.32 Å². The number of carbonyl (C=O) groups excluding carboxylic acids is 1. The van der Waals surface area contributed by atoms with Crippen LogP contribution in [0.4, 0.5) is 0 Å². The van der Waals surface area contributed by atoms with E-state index in [9.17, 15) is 13.2 Å². The SMILES string of the molecule is CS(=O)(=O)c1ccccc1C(=O)NC[C@H](c1ccccc1Cl)N1CCCC1. The molecule has 1 heterocycles. The molecule has 1 fully saturated rings. The van der Waals surface area contributed by atoms with Gasteiger partial charge in [-0.1, -0.05) is 41.9 Å². The highest BCUT2D eigenvalue weighted by atomic mass is 35.5. The number of rotatable bonds is 6. The van der Waals surface area contributed by atoms with Gasteiger partial charge in [0.2, 0.25) is 0 Å². The van der Waals surface area contributed by atoms with Crippen LogP contribution >= 0.6 is 11.6 Å². The maximum Gasteiger partial charge on any atom is 0.252 e. The standard InChI is InChI=1S/C20H23ClN2O3S/c1-27(25,26)19-11-5-3-9-16(19)20(24)22-14-18(23-12-6-7-13-23)15-8-2-4-10-17(15)21/h2-5,8-11,18H,6-7,12-14H2,1H3,(H,22,24)/t18-/m1/s1. The van der Waals surface area contributed by atoms with E-state index >= 15 is 0 Å². The van der Waals surface area contributed by atoms with E-state index in [1.54, 1.807) is 12.1 Å². The van der Waals surface area contributed by atoms with Crippen LogP contribution in [0.2, 0.25) is 5.02 Å². The number of nitrogens with zero attached hydrogens (tertiary/aromatic N) is 1. The number of hydrogen-bond donors (Lipinski definition) is 1. The molecular formula is C20H23ClN2O3S. The average molecular weight is 407 g/mol. The van der Waals surface area contributed by atoms with Gasteiger partial charge in [-0.3, -0.25) is 9.69 Å². The number of hydrogen-bond acceptors (Lipinski definition) is 4. The number of amides is 1. The molecule has 2 aromatic carbocycles. The lowest BCUT2D eigenvalue weighted by molar-refractivity contribution is 0.0934. The number of likely N-dealkylation sites (tertiary alicyclic amines) is 1. The van der Waals surface area contributed by atoms with Gasteiger partial charge in [0.15, 0.2) is 9.84 Å². The molecule has 1 saturated heterocycles. The van der Waals surface area contributed by atoms with Crippen LogP contribution < -0.4 is 5.32 Å². The fraction of sp³-hybridized carbons (Fsp3) is 0.350. The zero-order valence-electron chi connectivity index (χ0n) is 15.2. The van der Waals surface area contributed by atoms with E-state index in [-0.39, 0.29) is 16.5 Å². The zero-order valence-corrected chi connectivity index (χ0v) is 16.8. The van der Waals surface area contributed by atoms with Gasteiger partial charge in [0, 0.05) is 17.8 Å². The fourth-order valence-electron chi connectivity index (χ4n) is 3.50. The van der Waals surface area contributed by atoms with Gasteiger partial charge in [-0.25, -0.2) is 8.42 Å². The Morgan fingerprint density at radius 2 is 1.74 bits per heavy atom. The van der Waals surface area contributed by atoms with Gasteiger partial charge in [0.05, 0.1) is 16.5 Å². The number of sulfone groups is 1. The molecule has 0 bridgehead atoms. The second-order valence-electron chi connectivity index (χ2n) is 6.76. The summed E-state index contributed by atoms with van der Waals surface area (Å²) in [5.41, 5.74) is 1.14. The Balaban J connectivity index is 1.82. The maximum absolute atomic E-state index is 12.7. The third-order valence-corrected chi connectivity index (χ3v) is 6.33. The summed E-state index contributed by atoms with van der Waals surface area (Å²) in [6, 6.07) is 13.9. The van der Waals surface area contributed by atoms with Crippen LogP contribution in [0.25, 0.3) is 0 Å². The molecule has 1 aliphatic rings. The van der Waals surface area contributed by atoms with Crippen molar-refractivity contribution in [1.29, 1.82) is 0 Å². The number of nitrogens with one attached hydrogen (secondary N) is 1. The molecule has 0 saturated carbocycles. The van der Waals surface area contributed by atoms with Crippen LogP contribution in [-0.2, 0) is 9.84 Å². The second kappa shape index (κ2) is 8.42. The summed E-state index contributed by atoms with van der Waals surface area (Å²) in [6.45, 7) is 2.26. The summed E-state index contributed by atoms with van der Waals surface area (Å²) >= 11 is 6.40. The molecule has 3 rings (SSSR count). The van der Waals surface area contributed by atoms with Gasteiger partial charge in [0.1, 0.15) is 0 Å². The number of carbonyl (C=O) groups is 1. The van der Waals surface area contributed by atoms with E-state index in [4.69, 9.17) is 11.6 Å². The highest BCUT2D eigenvalue weighted by molar-refractivity contribution is 7.90. The molecule has 1 aliphatic heterocycles. The molecule has 1 atom stereocenters. The van der Waals surface area contributed by atoms with Gasteiger partial charge in [0.25, 0.3) is 5.91 Å². The first-order valence-electron chi connectivity index (χ1n) is 8.93. The Kier molecular flexibility index (Phi) is 6.19. The van der Waals surface area contributed by atoms with Crippen LogP contribution in [0.15, 0.2) is 53.4 Å². The van der Waals surface area contributed by atoms with Gasteiger partial charge in [-0.2, -0.15) is 0 Å². The van der Waals surface area contributed by atoms with Crippen molar-refractivity contribution in [2.24, 2.45) is 0 Å². The van der Waals surface area contributed by atoms with Gasteiger partial charge in [-0.15, -0.1) is 0 Å². The van der Waals surface area contributed by atoms with Gasteiger partial charge >= 0.3 is 0 Å². The number of halogens is 1. The zero-order chi connectivity index (χ0) is 19.4. The predicted molar refractivity (Wildman–Crippen MR) is 107 cm³/mol. The minimum absolute atomic E-state index is 0.0398. The first-order valence-corrected chi connectivity index (χ1v) is 11.2. The monoisotopic (exact) mass is 406 g/mol. The van der Waals surface area contributed by atoms with Crippen molar-refractivity contribution in [3.8, 4) is 0 Å². The summed E-state index contributed by atoms with van der Waals surface area (Å²) in [7, 11) is -3.48. The fourth-order valence-corrected chi connectivity index (χ4v) is 4.64. The Labute approximate surface area is 165 Å². The van der Waals surface area contributed by atoms with Crippen molar-refractivity contribution in [3.63, 3.8) is 0 Å². The molecule has 1 amide bonds. The Morgan fingerprint density at radius 3 is 2.41 bits per heavy atom. The van der Waals surface area contributed by atoms with E-state index < -0.39 is 15.7 Å². The minimum Gasteiger partial charge on any atom is -0.350 e. The molecule has 0 aromatic heterocycles. The van der Waals surface area contributed by atoms with Crippen molar-refractivity contribution < 1.29 is 13.2 Å². The van der Waals surface area contributed by atoms with E-state index in [2.05, 4.69) is 10.2 Å². The van der Waals surface area contributed by atoms with Crippen molar-refractivity contribution in [3.05, 3.63) is 64.7 Å². The molecular weight excluding hydrogens is 384 g/mol. The molecule has 144 valence electrons. The van der Waals surface area contributed by atoms with E-state index in [0.717, 1.165) is 37.8 Å². The first-order chi connectivity index (χ1) is 12.9. The Morgan fingerprint density at radius 1 is 1.11 bits per heavy atom.